The number of nitrogens with one attached hydrogen (secondary N) is 2. The van der Waals surface area contributed by atoms with Crippen LogP contribution in [0.5, 0.6) is 0 Å². The van der Waals surface area contributed by atoms with Crippen LogP contribution in [0.3, 0.4) is 0 Å². The summed E-state index contributed by atoms with van der Waals surface area (Å²) < 4.78 is 1.50. The Kier molecular flexibility index (Phi) is 3.94. The van der Waals surface area contributed by atoms with Crippen LogP contribution in [-0.4, -0.2) is 22.0 Å². The van der Waals surface area contributed by atoms with Gasteiger partial charge in [-0.15, -0.1) is 11.3 Å². The van der Waals surface area contributed by atoms with Crippen molar-refractivity contribution in [3.63, 3.8) is 0 Å². The second kappa shape index (κ2) is 6.01. The maximum absolute atomic E-state index is 12.8. The number of halogens is 2. The van der Waals surface area contributed by atoms with Gasteiger partial charge in [0, 0.05) is 23.4 Å². The molecule has 6 nitrogen and oxygen atoms in total. The Morgan fingerprint density at radius 1 is 1.16 bits per heavy atom. The van der Waals surface area contributed by atoms with Gasteiger partial charge in [-0.05, 0) is 18.2 Å². The highest BCUT2D eigenvalue weighted by molar-refractivity contribution is 7.22. The van der Waals surface area contributed by atoms with Gasteiger partial charge in [0.25, 0.3) is 5.56 Å². The third kappa shape index (κ3) is 2.68. The minimum absolute atomic E-state index is 0.114. The molecule has 9 heteroatoms. The summed E-state index contributed by atoms with van der Waals surface area (Å²) in [4.78, 5) is 40.0. The fraction of sp³-hybridized carbons (Fsp3) is 0.188. The van der Waals surface area contributed by atoms with E-state index in [1.807, 2.05) is 0 Å². The molecule has 1 amide bonds. The number of nitrogens with zero attached hydrogens (tertiary/aromatic N) is 1. The highest BCUT2D eigenvalue weighted by Gasteiger charge is 2.27. The molecule has 2 N–H and O–H groups in total. The number of thiophene rings is 1. The topological polar surface area (TPSA) is 84.0 Å². The minimum Gasteiger partial charge on any atom is -0.354 e. The summed E-state index contributed by atoms with van der Waals surface area (Å²) >= 11 is 13.7. The quantitative estimate of drug-likeness (QED) is 0.699. The Balaban J connectivity index is 1.93. The standard InChI is InChI=1S/C16H11Cl2N3O3S/c17-8-2-1-3-9(18)13(8)11-5-10-14(25-11)15(23)21(16(24)20-10)7-4-12(22)19-6-7/h1-3,5,7H,4,6H2,(H,19,22)(H,20,24). The monoisotopic (exact) mass is 395 g/mol. The molecule has 1 aliphatic heterocycles. The van der Waals surface area contributed by atoms with Crippen molar-refractivity contribution in [3.05, 3.63) is 55.1 Å². The predicted octanol–water partition coefficient (Wildman–Crippen LogP) is 2.79. The summed E-state index contributed by atoms with van der Waals surface area (Å²) in [7, 11) is 0. The maximum Gasteiger partial charge on any atom is 0.329 e. The lowest BCUT2D eigenvalue weighted by molar-refractivity contribution is -0.119. The Morgan fingerprint density at radius 3 is 2.52 bits per heavy atom. The molecule has 0 bridgehead atoms. The number of hydrogen-bond acceptors (Lipinski definition) is 4. The number of H-pyrrole nitrogens is 1. The lowest BCUT2D eigenvalue weighted by Crippen LogP contribution is -2.38. The van der Waals surface area contributed by atoms with Crippen LogP contribution in [0.1, 0.15) is 12.5 Å². The maximum atomic E-state index is 12.8. The van der Waals surface area contributed by atoms with Gasteiger partial charge in [0.05, 0.1) is 21.6 Å². The summed E-state index contributed by atoms with van der Waals surface area (Å²) in [5.41, 5.74) is 0.101. The number of benzene rings is 1. The third-order valence-corrected chi connectivity index (χ3v) is 5.91. The van der Waals surface area contributed by atoms with Gasteiger partial charge in [0.15, 0.2) is 0 Å². The van der Waals surface area contributed by atoms with Crippen LogP contribution in [0, 0.1) is 0 Å². The first kappa shape index (κ1) is 16.4. The minimum atomic E-state index is -0.534. The van der Waals surface area contributed by atoms with Crippen LogP contribution in [0.4, 0.5) is 0 Å². The first-order valence-corrected chi connectivity index (χ1v) is 9.02. The molecule has 2 aromatic heterocycles. The van der Waals surface area contributed by atoms with Gasteiger partial charge < -0.3 is 10.3 Å². The molecule has 1 atom stereocenters. The van der Waals surface area contributed by atoms with Crippen molar-refractivity contribution < 1.29 is 4.79 Å². The van der Waals surface area contributed by atoms with Gasteiger partial charge >= 0.3 is 5.69 Å². The molecule has 1 aromatic carbocycles. The van der Waals surface area contributed by atoms with Gasteiger partial charge in [-0.1, -0.05) is 29.3 Å². The van der Waals surface area contributed by atoms with Crippen molar-refractivity contribution in [1.82, 2.24) is 14.9 Å². The molecule has 0 saturated carbocycles. The number of fused-ring (bicyclic) bond motifs is 1. The van der Waals surface area contributed by atoms with E-state index in [9.17, 15) is 14.4 Å². The number of amides is 1. The van der Waals surface area contributed by atoms with Crippen LogP contribution < -0.4 is 16.6 Å². The Bertz CT molecular complexity index is 1110. The zero-order valence-corrected chi connectivity index (χ0v) is 15.0. The van der Waals surface area contributed by atoms with E-state index in [1.165, 1.54) is 11.3 Å². The van der Waals surface area contributed by atoms with Crippen molar-refractivity contribution in [1.29, 1.82) is 0 Å². The molecule has 1 saturated heterocycles. The van der Waals surface area contributed by atoms with E-state index in [4.69, 9.17) is 23.2 Å². The van der Waals surface area contributed by atoms with E-state index in [-0.39, 0.29) is 18.9 Å². The van der Waals surface area contributed by atoms with E-state index in [0.29, 0.717) is 30.7 Å². The zero-order chi connectivity index (χ0) is 17.7. The summed E-state index contributed by atoms with van der Waals surface area (Å²) in [5, 5.41) is 3.56. The molecule has 128 valence electrons. The molecular weight excluding hydrogens is 385 g/mol. The lowest BCUT2D eigenvalue weighted by Gasteiger charge is -2.09. The normalized spacial score (nSPS) is 17.2. The van der Waals surface area contributed by atoms with Crippen molar-refractivity contribution in [3.8, 4) is 10.4 Å². The molecule has 3 aromatic rings. The van der Waals surface area contributed by atoms with Crippen molar-refractivity contribution in [2.75, 3.05) is 6.54 Å². The summed E-state index contributed by atoms with van der Waals surface area (Å²) in [6, 6.07) is 6.37. The molecule has 0 aliphatic carbocycles. The van der Waals surface area contributed by atoms with E-state index in [0.717, 1.165) is 4.57 Å². The van der Waals surface area contributed by atoms with Crippen molar-refractivity contribution >= 4 is 50.7 Å². The van der Waals surface area contributed by atoms with E-state index >= 15 is 0 Å². The van der Waals surface area contributed by atoms with Crippen molar-refractivity contribution in [2.24, 2.45) is 0 Å². The van der Waals surface area contributed by atoms with Gasteiger partial charge in [-0.3, -0.25) is 14.2 Å². The van der Waals surface area contributed by atoms with Gasteiger partial charge in [0.2, 0.25) is 5.91 Å². The smallest absolute Gasteiger partial charge is 0.329 e. The second-order valence-electron chi connectivity index (χ2n) is 5.72. The SMILES string of the molecule is O=C1CC(n2c(=O)[nH]c3cc(-c4c(Cl)cccc4Cl)sc3c2=O)CN1. The third-order valence-electron chi connectivity index (χ3n) is 4.14. The van der Waals surface area contributed by atoms with Crippen LogP contribution in [0.2, 0.25) is 10.0 Å². The zero-order valence-electron chi connectivity index (χ0n) is 12.6. The number of aromatic amines is 1. The van der Waals surface area contributed by atoms with Crippen LogP contribution >= 0.6 is 34.5 Å². The largest absolute Gasteiger partial charge is 0.354 e. The fourth-order valence-corrected chi connectivity index (χ4v) is 4.82. The Hall–Kier alpha value is -2.09. The lowest BCUT2D eigenvalue weighted by atomic mass is 10.2. The first-order valence-electron chi connectivity index (χ1n) is 7.45. The average Bonchev–Trinajstić information content (AvgIpc) is 3.14. The van der Waals surface area contributed by atoms with Gasteiger partial charge in [-0.25, -0.2) is 4.79 Å². The number of hydrogen-bond donors (Lipinski definition) is 2. The Morgan fingerprint density at radius 2 is 1.88 bits per heavy atom. The molecule has 0 spiro atoms. The highest BCUT2D eigenvalue weighted by atomic mass is 35.5. The number of carbonyl (C=O) groups is 1. The van der Waals surface area contributed by atoms with Crippen LogP contribution in [-0.2, 0) is 4.79 Å². The molecule has 25 heavy (non-hydrogen) atoms. The predicted molar refractivity (Wildman–Crippen MR) is 98.8 cm³/mol. The van der Waals surface area contributed by atoms with E-state index in [1.54, 1.807) is 24.3 Å². The fourth-order valence-electron chi connectivity index (χ4n) is 2.98. The Labute approximate surface area is 155 Å². The summed E-state index contributed by atoms with van der Waals surface area (Å²) in [6.07, 6.45) is 0.114. The number of rotatable bonds is 2. The van der Waals surface area contributed by atoms with Crippen molar-refractivity contribution in [2.45, 2.75) is 12.5 Å². The van der Waals surface area contributed by atoms with E-state index < -0.39 is 17.3 Å². The van der Waals surface area contributed by atoms with Crippen LogP contribution in [0.15, 0.2) is 33.9 Å². The number of aromatic nitrogens is 2. The highest BCUT2D eigenvalue weighted by Crippen LogP contribution is 2.39. The van der Waals surface area contributed by atoms with Crippen LogP contribution in [0.25, 0.3) is 20.7 Å². The van der Waals surface area contributed by atoms with E-state index in [2.05, 4.69) is 10.3 Å². The molecular formula is C16H11Cl2N3O3S. The number of carbonyl (C=O) groups excluding carboxylic acids is 1. The summed E-state index contributed by atoms with van der Waals surface area (Å²) in [6.45, 7) is 0.266. The summed E-state index contributed by atoms with van der Waals surface area (Å²) in [5.74, 6) is -0.175. The average molecular weight is 396 g/mol. The van der Waals surface area contributed by atoms with Gasteiger partial charge in [0.1, 0.15) is 4.70 Å². The molecule has 0 radical (unpaired) electrons. The first-order chi connectivity index (χ1) is 12.0. The molecule has 1 unspecified atom stereocenters. The molecule has 4 rings (SSSR count). The molecule has 1 fully saturated rings. The molecule has 1 aliphatic rings. The van der Waals surface area contributed by atoms with Gasteiger partial charge in [-0.2, -0.15) is 0 Å². The second-order valence-corrected chi connectivity index (χ2v) is 7.58. The molecule has 3 heterocycles.